The number of hydrogen-bond acceptors (Lipinski definition) is 2. The minimum Gasteiger partial charge on any atom is -0.338 e. The van der Waals surface area contributed by atoms with Crippen molar-refractivity contribution in [2.45, 2.75) is 32.2 Å². The van der Waals surface area contributed by atoms with Crippen LogP contribution in [0.5, 0.6) is 0 Å². The zero-order valence-corrected chi connectivity index (χ0v) is 10.6. The lowest BCUT2D eigenvalue weighted by molar-refractivity contribution is 0.247. The van der Waals surface area contributed by atoms with Crippen LogP contribution < -0.4 is 16.4 Å². The fourth-order valence-corrected chi connectivity index (χ4v) is 2.12. The summed E-state index contributed by atoms with van der Waals surface area (Å²) in [4.78, 5) is 11.6. The molecule has 1 fully saturated rings. The molecule has 0 aliphatic heterocycles. The molecule has 0 spiro atoms. The van der Waals surface area contributed by atoms with Crippen LogP contribution in [0.2, 0.25) is 0 Å². The molecule has 0 radical (unpaired) electrons. The first-order chi connectivity index (χ1) is 8.78. The summed E-state index contributed by atoms with van der Waals surface area (Å²) in [6.07, 6.45) is 5.09. The average molecular weight is 247 g/mol. The SMILES string of the molecule is NCc1cccc(NC(=O)NCCC2CCC2)c1. The van der Waals surface area contributed by atoms with E-state index in [1.165, 1.54) is 19.3 Å². The van der Waals surface area contributed by atoms with Crippen molar-refractivity contribution >= 4 is 11.7 Å². The van der Waals surface area contributed by atoms with E-state index in [1.807, 2.05) is 24.3 Å². The van der Waals surface area contributed by atoms with Crippen molar-refractivity contribution < 1.29 is 4.79 Å². The van der Waals surface area contributed by atoms with Gasteiger partial charge in [0.25, 0.3) is 0 Å². The van der Waals surface area contributed by atoms with Crippen molar-refractivity contribution in [2.75, 3.05) is 11.9 Å². The molecule has 4 nitrogen and oxygen atoms in total. The van der Waals surface area contributed by atoms with Crippen molar-refractivity contribution in [3.63, 3.8) is 0 Å². The van der Waals surface area contributed by atoms with E-state index >= 15 is 0 Å². The summed E-state index contributed by atoms with van der Waals surface area (Å²) in [5.74, 6) is 0.825. The van der Waals surface area contributed by atoms with Crippen molar-refractivity contribution in [2.24, 2.45) is 11.7 Å². The Balaban J connectivity index is 1.71. The molecular weight excluding hydrogens is 226 g/mol. The highest BCUT2D eigenvalue weighted by Crippen LogP contribution is 2.28. The number of carbonyl (C=O) groups excluding carboxylic acids is 1. The second kappa shape index (κ2) is 6.40. The summed E-state index contributed by atoms with van der Waals surface area (Å²) in [6, 6.07) is 7.46. The Labute approximate surface area is 108 Å². The van der Waals surface area contributed by atoms with Gasteiger partial charge < -0.3 is 16.4 Å². The van der Waals surface area contributed by atoms with Gasteiger partial charge in [0, 0.05) is 18.8 Å². The highest BCUT2D eigenvalue weighted by molar-refractivity contribution is 5.89. The molecule has 1 aliphatic carbocycles. The average Bonchev–Trinajstić information content (AvgIpc) is 2.32. The van der Waals surface area contributed by atoms with Crippen molar-refractivity contribution in [1.82, 2.24) is 5.32 Å². The molecule has 1 saturated carbocycles. The van der Waals surface area contributed by atoms with E-state index in [1.54, 1.807) is 0 Å². The molecule has 0 atom stereocenters. The van der Waals surface area contributed by atoms with Crippen LogP contribution >= 0.6 is 0 Å². The van der Waals surface area contributed by atoms with Gasteiger partial charge in [-0.25, -0.2) is 4.79 Å². The Bertz CT molecular complexity index is 402. The topological polar surface area (TPSA) is 67.1 Å². The summed E-state index contributed by atoms with van der Waals surface area (Å²) in [5.41, 5.74) is 7.36. The predicted octanol–water partition coefficient (Wildman–Crippen LogP) is 2.46. The van der Waals surface area contributed by atoms with Crippen LogP contribution in [-0.4, -0.2) is 12.6 Å². The lowest BCUT2D eigenvalue weighted by atomic mass is 9.83. The number of urea groups is 1. The van der Waals surface area contributed by atoms with Crippen LogP contribution in [0.3, 0.4) is 0 Å². The molecule has 18 heavy (non-hydrogen) atoms. The molecule has 0 saturated heterocycles. The van der Waals surface area contributed by atoms with Gasteiger partial charge in [0.1, 0.15) is 0 Å². The van der Waals surface area contributed by atoms with Crippen LogP contribution in [0.1, 0.15) is 31.2 Å². The maximum atomic E-state index is 11.6. The molecule has 0 unspecified atom stereocenters. The standard InChI is InChI=1S/C14H21N3O/c15-10-12-5-2-6-13(9-12)17-14(18)16-8-7-11-3-1-4-11/h2,5-6,9,11H,1,3-4,7-8,10,15H2,(H2,16,17,18). The third kappa shape index (κ3) is 3.74. The van der Waals surface area contributed by atoms with E-state index in [0.717, 1.165) is 30.1 Å². The van der Waals surface area contributed by atoms with E-state index in [-0.39, 0.29) is 6.03 Å². The first-order valence-corrected chi connectivity index (χ1v) is 6.62. The Hall–Kier alpha value is -1.55. The lowest BCUT2D eigenvalue weighted by Gasteiger charge is -2.25. The fourth-order valence-electron chi connectivity index (χ4n) is 2.12. The quantitative estimate of drug-likeness (QED) is 0.748. The van der Waals surface area contributed by atoms with Gasteiger partial charge in [0.05, 0.1) is 0 Å². The van der Waals surface area contributed by atoms with Gasteiger partial charge in [-0.15, -0.1) is 0 Å². The minimum absolute atomic E-state index is 0.136. The number of hydrogen-bond donors (Lipinski definition) is 3. The van der Waals surface area contributed by atoms with E-state index in [2.05, 4.69) is 10.6 Å². The molecule has 0 bridgehead atoms. The Morgan fingerprint density at radius 1 is 1.39 bits per heavy atom. The number of benzene rings is 1. The van der Waals surface area contributed by atoms with Crippen molar-refractivity contribution in [1.29, 1.82) is 0 Å². The molecule has 98 valence electrons. The highest BCUT2D eigenvalue weighted by atomic mass is 16.2. The van der Waals surface area contributed by atoms with Gasteiger partial charge in [0.2, 0.25) is 0 Å². The zero-order chi connectivity index (χ0) is 12.8. The van der Waals surface area contributed by atoms with Gasteiger partial charge in [-0.05, 0) is 30.0 Å². The monoisotopic (exact) mass is 247 g/mol. The third-order valence-electron chi connectivity index (χ3n) is 3.48. The summed E-state index contributed by atoms with van der Waals surface area (Å²) in [7, 11) is 0. The second-order valence-corrected chi connectivity index (χ2v) is 4.87. The van der Waals surface area contributed by atoms with Gasteiger partial charge in [-0.3, -0.25) is 0 Å². The molecule has 4 N–H and O–H groups in total. The van der Waals surface area contributed by atoms with Crippen LogP contribution in [-0.2, 0) is 6.54 Å². The van der Waals surface area contributed by atoms with E-state index in [0.29, 0.717) is 6.54 Å². The molecule has 2 rings (SSSR count). The van der Waals surface area contributed by atoms with E-state index in [9.17, 15) is 4.79 Å². The van der Waals surface area contributed by atoms with Gasteiger partial charge in [-0.1, -0.05) is 31.4 Å². The minimum atomic E-state index is -0.136. The van der Waals surface area contributed by atoms with Crippen LogP contribution in [0.15, 0.2) is 24.3 Å². The number of nitrogens with two attached hydrogens (primary N) is 1. The molecule has 1 aromatic rings. The van der Waals surface area contributed by atoms with Gasteiger partial charge in [-0.2, -0.15) is 0 Å². The number of nitrogens with one attached hydrogen (secondary N) is 2. The predicted molar refractivity (Wildman–Crippen MR) is 73.3 cm³/mol. The normalized spacial score (nSPS) is 14.9. The van der Waals surface area contributed by atoms with Gasteiger partial charge >= 0.3 is 6.03 Å². The lowest BCUT2D eigenvalue weighted by Crippen LogP contribution is -2.31. The Kier molecular flexibility index (Phi) is 4.59. The summed E-state index contributed by atoms with van der Waals surface area (Å²) >= 11 is 0. The molecular formula is C14H21N3O. The van der Waals surface area contributed by atoms with Crippen LogP contribution in [0.25, 0.3) is 0 Å². The summed E-state index contributed by atoms with van der Waals surface area (Å²) in [5, 5.41) is 5.71. The van der Waals surface area contributed by atoms with E-state index in [4.69, 9.17) is 5.73 Å². The zero-order valence-electron chi connectivity index (χ0n) is 10.6. The summed E-state index contributed by atoms with van der Waals surface area (Å²) < 4.78 is 0. The summed E-state index contributed by atoms with van der Waals surface area (Å²) in [6.45, 7) is 1.24. The number of anilines is 1. The molecule has 4 heteroatoms. The number of rotatable bonds is 5. The largest absolute Gasteiger partial charge is 0.338 e. The molecule has 0 heterocycles. The molecule has 1 aromatic carbocycles. The number of carbonyl (C=O) groups is 1. The molecule has 1 aliphatic rings. The van der Waals surface area contributed by atoms with E-state index < -0.39 is 0 Å². The maximum absolute atomic E-state index is 11.6. The maximum Gasteiger partial charge on any atom is 0.319 e. The highest BCUT2D eigenvalue weighted by Gasteiger charge is 2.16. The fraction of sp³-hybridized carbons (Fsp3) is 0.500. The van der Waals surface area contributed by atoms with Crippen LogP contribution in [0.4, 0.5) is 10.5 Å². The van der Waals surface area contributed by atoms with Crippen molar-refractivity contribution in [3.8, 4) is 0 Å². The van der Waals surface area contributed by atoms with Crippen molar-refractivity contribution in [3.05, 3.63) is 29.8 Å². The molecule has 2 amide bonds. The third-order valence-corrected chi connectivity index (χ3v) is 3.48. The Morgan fingerprint density at radius 2 is 2.22 bits per heavy atom. The van der Waals surface area contributed by atoms with Crippen LogP contribution in [0, 0.1) is 5.92 Å². The second-order valence-electron chi connectivity index (χ2n) is 4.87. The van der Waals surface area contributed by atoms with Gasteiger partial charge in [0.15, 0.2) is 0 Å². The number of amides is 2. The Morgan fingerprint density at radius 3 is 2.89 bits per heavy atom. The molecule has 0 aromatic heterocycles. The smallest absolute Gasteiger partial charge is 0.319 e. The first-order valence-electron chi connectivity index (χ1n) is 6.62. The first kappa shape index (κ1) is 12.9.